The number of benzene rings is 1. The van der Waals surface area contributed by atoms with Gasteiger partial charge in [-0.05, 0) is 13.0 Å². The molecule has 0 spiro atoms. The largest absolute Gasteiger partial charge is 0.342 e. The second kappa shape index (κ2) is 5.61. The summed E-state index contributed by atoms with van der Waals surface area (Å²) in [5.74, 6) is -0.168. The monoisotopic (exact) mass is 296 g/mol. The quantitative estimate of drug-likeness (QED) is 0.645. The van der Waals surface area contributed by atoms with Crippen molar-refractivity contribution in [2.45, 2.75) is 13.0 Å². The molecule has 2 aromatic rings. The van der Waals surface area contributed by atoms with Gasteiger partial charge in [0.15, 0.2) is 5.82 Å². The van der Waals surface area contributed by atoms with Gasteiger partial charge in [0, 0.05) is 12.1 Å². The summed E-state index contributed by atoms with van der Waals surface area (Å²) in [7, 11) is 0. The van der Waals surface area contributed by atoms with E-state index < -0.39 is 16.9 Å². The highest BCUT2D eigenvalue weighted by Crippen LogP contribution is 2.22. The van der Waals surface area contributed by atoms with Crippen molar-refractivity contribution in [3.8, 4) is 0 Å². The van der Waals surface area contributed by atoms with Gasteiger partial charge in [-0.3, -0.25) is 14.9 Å². The maximum absolute atomic E-state index is 12.0. The summed E-state index contributed by atoms with van der Waals surface area (Å²) < 4.78 is 0. The molecule has 0 saturated heterocycles. The average molecular weight is 297 g/mol. The third-order valence-corrected chi connectivity index (χ3v) is 2.82. The number of carbonyl (C=O) groups excluding carboxylic acids is 1. The normalized spacial score (nSPS) is 11.9. The highest BCUT2D eigenvalue weighted by Gasteiger charge is 2.18. The van der Waals surface area contributed by atoms with Crippen LogP contribution in [-0.4, -0.2) is 31.5 Å². The van der Waals surface area contributed by atoms with E-state index in [1.54, 1.807) is 6.92 Å². The van der Waals surface area contributed by atoms with Crippen LogP contribution in [-0.2, 0) is 0 Å². The SMILES string of the molecule is CC(NC(=O)c1ccc([N+](=O)[O-])cc1Cl)c1nn[nH]n1. The van der Waals surface area contributed by atoms with E-state index in [4.69, 9.17) is 11.6 Å². The topological polar surface area (TPSA) is 127 Å². The van der Waals surface area contributed by atoms with E-state index in [0.717, 1.165) is 6.07 Å². The zero-order chi connectivity index (χ0) is 14.7. The molecule has 0 fully saturated rings. The molecule has 10 heteroatoms. The number of aromatic amines is 1. The number of nitrogens with one attached hydrogen (secondary N) is 2. The minimum absolute atomic E-state index is 0.00277. The van der Waals surface area contributed by atoms with Crippen LogP contribution in [0.5, 0.6) is 0 Å². The number of H-pyrrole nitrogens is 1. The Bertz CT molecular complexity index is 644. The highest BCUT2D eigenvalue weighted by atomic mass is 35.5. The number of halogens is 1. The van der Waals surface area contributed by atoms with Gasteiger partial charge >= 0.3 is 0 Å². The Balaban J connectivity index is 2.15. The predicted molar refractivity (Wildman–Crippen MR) is 68.2 cm³/mol. The van der Waals surface area contributed by atoms with Crippen molar-refractivity contribution >= 4 is 23.2 Å². The molecule has 2 N–H and O–H groups in total. The first-order chi connectivity index (χ1) is 9.49. The molecule has 0 radical (unpaired) electrons. The van der Waals surface area contributed by atoms with Crippen LogP contribution in [0.25, 0.3) is 0 Å². The number of aromatic nitrogens is 4. The van der Waals surface area contributed by atoms with Crippen molar-refractivity contribution in [2.75, 3.05) is 0 Å². The molecule has 1 aromatic heterocycles. The number of rotatable bonds is 4. The van der Waals surface area contributed by atoms with Gasteiger partial charge in [-0.15, -0.1) is 10.2 Å². The second-order valence-electron chi connectivity index (χ2n) is 3.89. The molecule has 20 heavy (non-hydrogen) atoms. The summed E-state index contributed by atoms with van der Waals surface area (Å²) >= 11 is 5.86. The number of hydrogen-bond donors (Lipinski definition) is 2. The third kappa shape index (κ3) is 2.88. The molecule has 9 nitrogen and oxygen atoms in total. The summed E-state index contributed by atoms with van der Waals surface area (Å²) in [6.07, 6.45) is 0. The summed E-state index contributed by atoms with van der Waals surface area (Å²) in [6, 6.07) is 3.14. The van der Waals surface area contributed by atoms with E-state index in [1.807, 2.05) is 0 Å². The fourth-order valence-electron chi connectivity index (χ4n) is 1.49. The predicted octanol–water partition coefficient (Wildman–Crippen LogP) is 1.25. The Morgan fingerprint density at radius 3 is 2.85 bits per heavy atom. The maximum atomic E-state index is 12.0. The molecule has 0 aliphatic rings. The van der Waals surface area contributed by atoms with Crippen LogP contribution in [0, 0.1) is 10.1 Å². The molecule has 0 aliphatic carbocycles. The molecule has 0 saturated carbocycles. The van der Waals surface area contributed by atoms with Crippen LogP contribution in [0.15, 0.2) is 18.2 Å². The Kier molecular flexibility index (Phi) is 3.89. The highest BCUT2D eigenvalue weighted by molar-refractivity contribution is 6.34. The minimum atomic E-state index is -0.588. The first-order valence-electron chi connectivity index (χ1n) is 5.47. The molecule has 1 amide bonds. The van der Waals surface area contributed by atoms with Crippen molar-refractivity contribution in [3.05, 3.63) is 44.7 Å². The number of carbonyl (C=O) groups is 1. The van der Waals surface area contributed by atoms with E-state index in [-0.39, 0.29) is 16.3 Å². The zero-order valence-corrected chi connectivity index (χ0v) is 11.0. The van der Waals surface area contributed by atoms with Crippen LogP contribution in [0.4, 0.5) is 5.69 Å². The molecule has 1 atom stereocenters. The first-order valence-corrected chi connectivity index (χ1v) is 5.85. The first kappa shape index (κ1) is 13.9. The van der Waals surface area contributed by atoms with Gasteiger partial charge < -0.3 is 5.32 Å². The van der Waals surface area contributed by atoms with E-state index >= 15 is 0 Å². The molecule has 0 aliphatic heterocycles. The van der Waals surface area contributed by atoms with E-state index in [2.05, 4.69) is 25.9 Å². The molecule has 1 aromatic carbocycles. The van der Waals surface area contributed by atoms with Gasteiger partial charge in [-0.2, -0.15) is 5.21 Å². The fourth-order valence-corrected chi connectivity index (χ4v) is 1.75. The Morgan fingerprint density at radius 1 is 1.55 bits per heavy atom. The van der Waals surface area contributed by atoms with Crippen molar-refractivity contribution in [1.29, 1.82) is 0 Å². The Labute approximate surface area is 117 Å². The standard InChI is InChI=1S/C10H9ClN6O3/c1-5(9-13-15-16-14-9)12-10(18)7-3-2-6(17(19)20)4-8(7)11/h2-5H,1H3,(H,12,18)(H,13,14,15,16). The number of nitrogens with zero attached hydrogens (tertiary/aromatic N) is 4. The van der Waals surface area contributed by atoms with Crippen LogP contribution in [0.3, 0.4) is 0 Å². The van der Waals surface area contributed by atoms with Crippen molar-refractivity contribution in [3.63, 3.8) is 0 Å². The number of hydrogen-bond acceptors (Lipinski definition) is 6. The van der Waals surface area contributed by atoms with Gasteiger partial charge in [0.1, 0.15) is 0 Å². The summed E-state index contributed by atoms with van der Waals surface area (Å²) in [5.41, 5.74) is -0.0506. The number of nitro benzene ring substituents is 1. The van der Waals surface area contributed by atoms with Crippen molar-refractivity contribution < 1.29 is 9.72 Å². The van der Waals surface area contributed by atoms with Gasteiger partial charge in [-0.1, -0.05) is 16.8 Å². The Morgan fingerprint density at radius 2 is 2.30 bits per heavy atom. The number of tetrazole rings is 1. The van der Waals surface area contributed by atoms with Gasteiger partial charge in [0.05, 0.1) is 21.6 Å². The summed E-state index contributed by atoms with van der Waals surface area (Å²) in [4.78, 5) is 22.0. The smallest absolute Gasteiger partial charge is 0.270 e. The molecular weight excluding hydrogens is 288 g/mol. The second-order valence-corrected chi connectivity index (χ2v) is 4.29. The van der Waals surface area contributed by atoms with Crippen LogP contribution in [0.2, 0.25) is 5.02 Å². The molecule has 1 heterocycles. The average Bonchev–Trinajstić information content (AvgIpc) is 2.92. The Hall–Kier alpha value is -2.55. The van der Waals surface area contributed by atoms with Crippen molar-refractivity contribution in [1.82, 2.24) is 25.9 Å². The van der Waals surface area contributed by atoms with Crippen LogP contribution in [0.1, 0.15) is 29.1 Å². The van der Waals surface area contributed by atoms with Crippen LogP contribution < -0.4 is 5.32 Å². The lowest BCUT2D eigenvalue weighted by atomic mass is 10.2. The third-order valence-electron chi connectivity index (χ3n) is 2.50. The summed E-state index contributed by atoms with van der Waals surface area (Å²) in [6.45, 7) is 1.67. The van der Waals surface area contributed by atoms with Crippen molar-refractivity contribution in [2.24, 2.45) is 0 Å². The van der Waals surface area contributed by atoms with E-state index in [0.29, 0.717) is 5.82 Å². The lowest BCUT2D eigenvalue weighted by molar-refractivity contribution is -0.384. The fraction of sp³-hybridized carbons (Fsp3) is 0.200. The van der Waals surface area contributed by atoms with Gasteiger partial charge in [0.25, 0.3) is 11.6 Å². The van der Waals surface area contributed by atoms with E-state index in [1.165, 1.54) is 12.1 Å². The molecule has 0 bridgehead atoms. The lowest BCUT2D eigenvalue weighted by Crippen LogP contribution is -2.27. The molecule has 104 valence electrons. The number of amides is 1. The number of nitro groups is 1. The molecule has 1 unspecified atom stereocenters. The van der Waals surface area contributed by atoms with E-state index in [9.17, 15) is 14.9 Å². The number of non-ortho nitro benzene ring substituents is 1. The molecule has 2 rings (SSSR count). The van der Waals surface area contributed by atoms with Gasteiger partial charge in [-0.25, -0.2) is 0 Å². The minimum Gasteiger partial charge on any atom is -0.342 e. The molecular formula is C10H9ClN6O3. The maximum Gasteiger partial charge on any atom is 0.270 e. The summed E-state index contributed by atoms with van der Waals surface area (Å²) in [5, 5.41) is 26.3. The van der Waals surface area contributed by atoms with Crippen LogP contribution >= 0.6 is 11.6 Å². The lowest BCUT2D eigenvalue weighted by Gasteiger charge is -2.10. The zero-order valence-electron chi connectivity index (χ0n) is 10.2. The van der Waals surface area contributed by atoms with Gasteiger partial charge in [0.2, 0.25) is 0 Å².